The summed E-state index contributed by atoms with van der Waals surface area (Å²) in [6.07, 6.45) is 4.82. The highest BCUT2D eigenvalue weighted by Crippen LogP contribution is 2.20. The number of sulfonamides is 1. The van der Waals surface area contributed by atoms with Gasteiger partial charge in [0.1, 0.15) is 6.04 Å². The van der Waals surface area contributed by atoms with Crippen molar-refractivity contribution in [2.45, 2.75) is 19.5 Å². The Balaban J connectivity index is 1.74. The van der Waals surface area contributed by atoms with E-state index in [1.165, 1.54) is 11.3 Å². The predicted octanol–water partition coefficient (Wildman–Crippen LogP) is 1.87. The molecular weight excluding hydrogens is 360 g/mol. The molecule has 2 heterocycles. The third kappa shape index (κ3) is 3.83. The van der Waals surface area contributed by atoms with Crippen LogP contribution in [0.5, 0.6) is 0 Å². The van der Waals surface area contributed by atoms with Crippen LogP contribution in [0.3, 0.4) is 0 Å². The van der Waals surface area contributed by atoms with E-state index >= 15 is 0 Å². The second-order valence-electron chi connectivity index (χ2n) is 5.61. The number of carbonyl (C=O) groups excluding carboxylic acids is 1. The smallest absolute Gasteiger partial charge is 0.243 e. The van der Waals surface area contributed by atoms with Gasteiger partial charge in [-0.1, -0.05) is 18.2 Å². The Morgan fingerprint density at radius 3 is 2.72 bits per heavy atom. The highest BCUT2D eigenvalue weighted by molar-refractivity contribution is 7.92. The first-order valence-corrected chi connectivity index (χ1v) is 10.3. The van der Waals surface area contributed by atoms with Crippen LogP contribution in [0.15, 0.2) is 48.1 Å². The van der Waals surface area contributed by atoms with Crippen LogP contribution in [0.25, 0.3) is 4.96 Å². The topological polar surface area (TPSA) is 83.8 Å². The minimum absolute atomic E-state index is 0.240. The van der Waals surface area contributed by atoms with Crippen LogP contribution in [-0.4, -0.2) is 36.0 Å². The number of rotatable bonds is 6. The minimum atomic E-state index is -3.60. The number of nitrogens with zero attached hydrogens (tertiary/aromatic N) is 3. The molecule has 1 N–H and O–H groups in total. The Morgan fingerprint density at radius 2 is 2.08 bits per heavy atom. The van der Waals surface area contributed by atoms with Crippen molar-refractivity contribution in [3.63, 3.8) is 0 Å². The van der Waals surface area contributed by atoms with Gasteiger partial charge in [0.05, 0.1) is 24.2 Å². The van der Waals surface area contributed by atoms with Crippen molar-refractivity contribution in [1.29, 1.82) is 0 Å². The zero-order chi connectivity index (χ0) is 18.0. The average Bonchev–Trinajstić information content (AvgIpc) is 3.13. The van der Waals surface area contributed by atoms with Crippen LogP contribution >= 0.6 is 11.3 Å². The molecule has 25 heavy (non-hydrogen) atoms. The van der Waals surface area contributed by atoms with Gasteiger partial charge in [-0.25, -0.2) is 13.4 Å². The fraction of sp³-hybridized carbons (Fsp3) is 0.250. The maximum atomic E-state index is 12.5. The summed E-state index contributed by atoms with van der Waals surface area (Å²) < 4.78 is 27.3. The highest BCUT2D eigenvalue weighted by atomic mass is 32.2. The second-order valence-corrected chi connectivity index (χ2v) is 8.35. The Labute approximate surface area is 150 Å². The number of amides is 1. The first-order chi connectivity index (χ1) is 11.9. The summed E-state index contributed by atoms with van der Waals surface area (Å²) in [6, 6.07) is 7.70. The van der Waals surface area contributed by atoms with Crippen molar-refractivity contribution in [3.8, 4) is 0 Å². The largest absolute Gasteiger partial charge is 0.349 e. The fourth-order valence-corrected chi connectivity index (χ4v) is 4.46. The lowest BCUT2D eigenvalue weighted by Gasteiger charge is -2.28. The van der Waals surface area contributed by atoms with E-state index in [1.807, 2.05) is 22.2 Å². The summed E-state index contributed by atoms with van der Waals surface area (Å²) in [5.74, 6) is -0.384. The summed E-state index contributed by atoms with van der Waals surface area (Å²) in [5, 5.41) is 4.68. The third-order valence-corrected chi connectivity index (χ3v) is 5.70. The van der Waals surface area contributed by atoms with Crippen LogP contribution in [-0.2, 0) is 21.4 Å². The minimum Gasteiger partial charge on any atom is -0.349 e. The molecule has 3 aromatic rings. The first-order valence-electron chi connectivity index (χ1n) is 7.59. The molecule has 0 aliphatic rings. The van der Waals surface area contributed by atoms with E-state index in [1.54, 1.807) is 37.3 Å². The molecule has 7 nitrogen and oxygen atoms in total. The molecule has 2 aromatic heterocycles. The molecule has 9 heteroatoms. The zero-order valence-electron chi connectivity index (χ0n) is 13.8. The van der Waals surface area contributed by atoms with Crippen LogP contribution in [0.1, 0.15) is 12.6 Å². The van der Waals surface area contributed by atoms with Gasteiger partial charge in [0.15, 0.2) is 4.96 Å². The monoisotopic (exact) mass is 378 g/mol. The van der Waals surface area contributed by atoms with Gasteiger partial charge in [-0.3, -0.25) is 13.5 Å². The number of carbonyl (C=O) groups is 1. The number of anilines is 1. The maximum Gasteiger partial charge on any atom is 0.243 e. The number of hydrogen-bond acceptors (Lipinski definition) is 5. The first kappa shape index (κ1) is 17.4. The predicted molar refractivity (Wildman–Crippen MR) is 98.1 cm³/mol. The number of imidazole rings is 1. The highest BCUT2D eigenvalue weighted by Gasteiger charge is 2.28. The summed E-state index contributed by atoms with van der Waals surface area (Å²) >= 11 is 1.51. The Bertz CT molecular complexity index is 951. The molecule has 0 aliphatic carbocycles. The van der Waals surface area contributed by atoms with Gasteiger partial charge in [-0.2, -0.15) is 0 Å². The van der Waals surface area contributed by atoms with E-state index in [-0.39, 0.29) is 12.5 Å². The molecule has 0 unspecified atom stereocenters. The molecule has 0 saturated carbocycles. The molecule has 0 bridgehead atoms. The van der Waals surface area contributed by atoms with E-state index < -0.39 is 16.1 Å². The number of para-hydroxylation sites is 1. The van der Waals surface area contributed by atoms with E-state index in [2.05, 4.69) is 10.3 Å². The molecule has 0 radical (unpaired) electrons. The normalized spacial score (nSPS) is 12.9. The fourth-order valence-electron chi connectivity index (χ4n) is 2.57. The van der Waals surface area contributed by atoms with Crippen molar-refractivity contribution >= 4 is 37.9 Å². The number of nitrogens with one attached hydrogen (secondary N) is 1. The number of thiazole rings is 1. The van der Waals surface area contributed by atoms with Crippen molar-refractivity contribution in [2.75, 3.05) is 10.6 Å². The van der Waals surface area contributed by atoms with Gasteiger partial charge in [0.2, 0.25) is 15.9 Å². The van der Waals surface area contributed by atoms with Crippen molar-refractivity contribution in [3.05, 3.63) is 53.8 Å². The van der Waals surface area contributed by atoms with Gasteiger partial charge in [-0.15, -0.1) is 11.3 Å². The quantitative estimate of drug-likeness (QED) is 0.710. The van der Waals surface area contributed by atoms with Crippen LogP contribution in [0, 0.1) is 0 Å². The van der Waals surface area contributed by atoms with Crippen LogP contribution < -0.4 is 9.62 Å². The number of aromatic nitrogens is 2. The Hall–Kier alpha value is -2.39. The summed E-state index contributed by atoms with van der Waals surface area (Å²) in [4.78, 5) is 17.7. The Morgan fingerprint density at radius 1 is 1.36 bits per heavy atom. The molecule has 0 saturated heterocycles. The lowest BCUT2D eigenvalue weighted by molar-refractivity contribution is -0.122. The molecule has 3 rings (SSSR count). The zero-order valence-corrected chi connectivity index (χ0v) is 15.4. The summed E-state index contributed by atoms with van der Waals surface area (Å²) in [5.41, 5.74) is 1.17. The Kier molecular flexibility index (Phi) is 4.78. The maximum absolute atomic E-state index is 12.5. The number of fused-ring (bicyclic) bond motifs is 1. The van der Waals surface area contributed by atoms with E-state index in [9.17, 15) is 13.2 Å². The lowest BCUT2D eigenvalue weighted by Crippen LogP contribution is -2.47. The summed E-state index contributed by atoms with van der Waals surface area (Å²) in [7, 11) is -3.60. The standard InChI is InChI=1S/C16H18N4O3S2/c1-12(20(25(2,22)23)14-6-4-3-5-7-14)15(21)17-10-13-11-19-8-9-24-16(19)18-13/h3-9,11-12H,10H2,1-2H3,(H,17,21)/t12-/m1/s1. The molecule has 0 spiro atoms. The van der Waals surface area contributed by atoms with Crippen molar-refractivity contribution in [2.24, 2.45) is 0 Å². The molecule has 0 aliphatic heterocycles. The number of hydrogen-bond donors (Lipinski definition) is 1. The molecule has 0 fully saturated rings. The SMILES string of the molecule is C[C@H](C(=O)NCc1cn2ccsc2n1)N(c1ccccc1)S(C)(=O)=O. The third-order valence-electron chi connectivity index (χ3n) is 3.69. The van der Waals surface area contributed by atoms with Crippen LogP contribution in [0.2, 0.25) is 0 Å². The molecule has 1 amide bonds. The van der Waals surface area contributed by atoms with E-state index in [0.717, 1.165) is 21.2 Å². The van der Waals surface area contributed by atoms with Gasteiger partial charge in [0.25, 0.3) is 0 Å². The molecule has 1 aromatic carbocycles. The second kappa shape index (κ2) is 6.85. The van der Waals surface area contributed by atoms with Gasteiger partial charge < -0.3 is 5.32 Å². The summed E-state index contributed by atoms with van der Waals surface area (Å²) in [6.45, 7) is 1.80. The lowest BCUT2D eigenvalue weighted by atomic mass is 10.2. The molecule has 1 atom stereocenters. The van der Waals surface area contributed by atoms with Gasteiger partial charge in [-0.05, 0) is 19.1 Å². The molecule has 132 valence electrons. The van der Waals surface area contributed by atoms with Gasteiger partial charge in [0, 0.05) is 17.8 Å². The molecular formula is C16H18N4O3S2. The van der Waals surface area contributed by atoms with E-state index in [4.69, 9.17) is 0 Å². The van der Waals surface area contributed by atoms with E-state index in [0.29, 0.717) is 5.69 Å². The van der Waals surface area contributed by atoms with Crippen molar-refractivity contribution < 1.29 is 13.2 Å². The average molecular weight is 378 g/mol. The van der Waals surface area contributed by atoms with Crippen LogP contribution in [0.4, 0.5) is 5.69 Å². The van der Waals surface area contributed by atoms with Crippen molar-refractivity contribution in [1.82, 2.24) is 14.7 Å². The van der Waals surface area contributed by atoms with Gasteiger partial charge >= 0.3 is 0 Å². The number of benzene rings is 1.